The highest BCUT2D eigenvalue weighted by molar-refractivity contribution is 7.10. The molecule has 2 aromatic carbocycles. The number of ether oxygens (including phenoxy) is 1. The summed E-state index contributed by atoms with van der Waals surface area (Å²) in [5.41, 5.74) is 0.663. The minimum Gasteiger partial charge on any atom is -0.507 e. The maximum atomic E-state index is 13.9. The minimum atomic E-state index is -0.855. The van der Waals surface area contributed by atoms with Gasteiger partial charge in [-0.15, -0.1) is 11.3 Å². The Hall–Kier alpha value is -3.52. The molecule has 1 aliphatic rings. The lowest BCUT2D eigenvalue weighted by Crippen LogP contribution is -2.31. The van der Waals surface area contributed by atoms with Crippen molar-refractivity contribution >= 4 is 28.8 Å². The smallest absolute Gasteiger partial charge is 0.295 e. The van der Waals surface area contributed by atoms with E-state index in [4.69, 9.17) is 4.74 Å². The molecule has 1 atom stereocenters. The average Bonchev–Trinajstić information content (AvgIpc) is 3.40. The Kier molecular flexibility index (Phi) is 6.05. The van der Waals surface area contributed by atoms with Gasteiger partial charge in [0.15, 0.2) is 0 Å². The number of carbonyl (C=O) groups is 2. The number of carbonyl (C=O) groups excluding carboxylic acids is 2. The Morgan fingerprint density at radius 1 is 1.09 bits per heavy atom. The number of likely N-dealkylation sites (tertiary alicyclic amines) is 1. The van der Waals surface area contributed by atoms with Crippen LogP contribution in [0.15, 0.2) is 65.6 Å². The predicted octanol–water partition coefficient (Wildman–Crippen LogP) is 4.70. The fourth-order valence-electron chi connectivity index (χ4n) is 3.76. The zero-order valence-electron chi connectivity index (χ0n) is 17.0. The van der Waals surface area contributed by atoms with E-state index in [0.29, 0.717) is 11.3 Å². The summed E-state index contributed by atoms with van der Waals surface area (Å²) in [4.78, 5) is 28.0. The number of hydrogen-bond acceptors (Lipinski definition) is 5. The van der Waals surface area contributed by atoms with Gasteiger partial charge in [-0.05, 0) is 53.8 Å². The first-order chi connectivity index (χ1) is 15.4. The zero-order chi connectivity index (χ0) is 22.8. The Morgan fingerprint density at radius 2 is 1.81 bits per heavy atom. The molecule has 1 unspecified atom stereocenters. The van der Waals surface area contributed by atoms with E-state index in [2.05, 4.69) is 0 Å². The summed E-state index contributed by atoms with van der Waals surface area (Å²) in [5.74, 6) is -2.93. The number of nitrogens with zero attached hydrogens (tertiary/aromatic N) is 1. The largest absolute Gasteiger partial charge is 0.507 e. The number of aliphatic hydroxyl groups is 1. The summed E-state index contributed by atoms with van der Waals surface area (Å²) < 4.78 is 32.3. The summed E-state index contributed by atoms with van der Waals surface area (Å²) in [6.45, 7) is 0.176. The molecule has 1 N–H and O–H groups in total. The number of Topliss-reactive ketones (excluding diaryl/α,β-unsaturated/α-hetero) is 1. The molecule has 1 amide bonds. The number of amides is 1. The first-order valence-corrected chi connectivity index (χ1v) is 10.7. The van der Waals surface area contributed by atoms with Crippen molar-refractivity contribution in [2.24, 2.45) is 0 Å². The van der Waals surface area contributed by atoms with Gasteiger partial charge in [0, 0.05) is 11.4 Å². The Labute approximate surface area is 187 Å². The van der Waals surface area contributed by atoms with Gasteiger partial charge in [-0.3, -0.25) is 9.59 Å². The molecule has 0 spiro atoms. The lowest BCUT2D eigenvalue weighted by molar-refractivity contribution is -0.139. The molecule has 3 aromatic rings. The van der Waals surface area contributed by atoms with Crippen molar-refractivity contribution in [2.75, 3.05) is 13.7 Å². The van der Waals surface area contributed by atoms with E-state index in [0.717, 1.165) is 11.6 Å². The number of ketones is 1. The van der Waals surface area contributed by atoms with Crippen molar-refractivity contribution in [3.8, 4) is 5.75 Å². The molecule has 1 fully saturated rings. The van der Waals surface area contributed by atoms with E-state index in [9.17, 15) is 23.5 Å². The molecule has 0 aliphatic carbocycles. The molecular formula is C24H19F2NO4S. The topological polar surface area (TPSA) is 66.8 Å². The van der Waals surface area contributed by atoms with Crippen LogP contribution < -0.4 is 4.74 Å². The van der Waals surface area contributed by atoms with E-state index in [1.54, 1.807) is 29.6 Å². The first-order valence-electron chi connectivity index (χ1n) is 9.81. The third-order valence-corrected chi connectivity index (χ3v) is 6.25. The highest BCUT2D eigenvalue weighted by Gasteiger charge is 2.46. The van der Waals surface area contributed by atoms with Crippen molar-refractivity contribution in [1.82, 2.24) is 4.90 Å². The highest BCUT2D eigenvalue weighted by Crippen LogP contribution is 2.42. The number of halogens is 2. The second-order valence-electron chi connectivity index (χ2n) is 7.23. The van der Waals surface area contributed by atoms with Crippen molar-refractivity contribution in [2.45, 2.75) is 12.5 Å². The lowest BCUT2D eigenvalue weighted by atomic mass is 9.99. The molecule has 0 radical (unpaired) electrons. The van der Waals surface area contributed by atoms with Gasteiger partial charge >= 0.3 is 0 Å². The molecular weight excluding hydrogens is 436 g/mol. The number of thiophene rings is 1. The van der Waals surface area contributed by atoms with E-state index in [-0.39, 0.29) is 29.2 Å². The number of aliphatic hydroxyl groups excluding tert-OH is 1. The van der Waals surface area contributed by atoms with Crippen molar-refractivity contribution in [3.05, 3.63) is 93.2 Å². The number of methoxy groups -OCH3 is 1. The van der Waals surface area contributed by atoms with Gasteiger partial charge in [0.25, 0.3) is 11.7 Å². The van der Waals surface area contributed by atoms with Crippen LogP contribution in [0.4, 0.5) is 8.78 Å². The molecule has 5 nitrogen and oxygen atoms in total. The Morgan fingerprint density at radius 3 is 2.47 bits per heavy atom. The summed E-state index contributed by atoms with van der Waals surface area (Å²) in [7, 11) is 1.36. The third kappa shape index (κ3) is 4.01. The average molecular weight is 455 g/mol. The second-order valence-corrected chi connectivity index (χ2v) is 8.21. The predicted molar refractivity (Wildman–Crippen MR) is 116 cm³/mol. The monoisotopic (exact) mass is 455 g/mol. The molecule has 1 aliphatic heterocycles. The molecule has 32 heavy (non-hydrogen) atoms. The van der Waals surface area contributed by atoms with Gasteiger partial charge in [0.05, 0.1) is 24.3 Å². The third-order valence-electron chi connectivity index (χ3n) is 5.32. The van der Waals surface area contributed by atoms with E-state index in [1.165, 1.54) is 47.6 Å². The number of hydrogen-bond donors (Lipinski definition) is 1. The van der Waals surface area contributed by atoms with Crippen LogP contribution in [0.1, 0.15) is 22.0 Å². The number of rotatable bonds is 6. The van der Waals surface area contributed by atoms with Gasteiger partial charge in [0.1, 0.15) is 23.1 Å². The van der Waals surface area contributed by atoms with Crippen LogP contribution in [-0.2, 0) is 16.0 Å². The van der Waals surface area contributed by atoms with Crippen LogP contribution in [0.25, 0.3) is 5.76 Å². The number of benzene rings is 2. The second kappa shape index (κ2) is 8.92. The van der Waals surface area contributed by atoms with Crippen LogP contribution in [0, 0.1) is 11.6 Å². The Bertz CT molecular complexity index is 1190. The Balaban J connectivity index is 1.77. The quantitative estimate of drug-likeness (QED) is 0.332. The molecule has 1 aromatic heterocycles. The molecule has 4 rings (SSSR count). The summed E-state index contributed by atoms with van der Waals surface area (Å²) in [6, 6.07) is 12.2. The van der Waals surface area contributed by atoms with Crippen LogP contribution >= 0.6 is 11.3 Å². The summed E-state index contributed by atoms with van der Waals surface area (Å²) in [6.07, 6.45) is 0.387. The van der Waals surface area contributed by atoms with E-state index in [1.807, 2.05) is 0 Å². The fourth-order valence-corrected chi connectivity index (χ4v) is 4.61. The summed E-state index contributed by atoms with van der Waals surface area (Å²) >= 11 is 1.33. The minimum absolute atomic E-state index is 0.00871. The van der Waals surface area contributed by atoms with E-state index >= 15 is 0 Å². The molecule has 0 bridgehead atoms. The zero-order valence-corrected chi connectivity index (χ0v) is 17.9. The standard InChI is InChI=1S/C24H19F2NO4S/c1-31-18-9-8-16(26)13-17(18)22(28)20-21(19-3-2-12-32-19)27(24(30)23(20)29)11-10-14-4-6-15(25)7-5-14/h2-9,12-13,21,28H,10-11H2,1H3/b22-20-. The lowest BCUT2D eigenvalue weighted by Gasteiger charge is -2.24. The molecule has 2 heterocycles. The molecule has 164 valence electrons. The van der Waals surface area contributed by atoms with Crippen LogP contribution in [0.3, 0.4) is 0 Å². The summed E-state index contributed by atoms with van der Waals surface area (Å²) in [5, 5.41) is 12.8. The maximum Gasteiger partial charge on any atom is 0.295 e. The van der Waals surface area contributed by atoms with Gasteiger partial charge in [-0.25, -0.2) is 8.78 Å². The van der Waals surface area contributed by atoms with Crippen LogP contribution in [0.5, 0.6) is 5.75 Å². The van der Waals surface area contributed by atoms with Crippen molar-refractivity contribution in [3.63, 3.8) is 0 Å². The fraction of sp³-hybridized carbons (Fsp3) is 0.167. The SMILES string of the molecule is COc1ccc(F)cc1/C(O)=C1/C(=O)C(=O)N(CCc2ccc(F)cc2)C1c1cccs1. The first kappa shape index (κ1) is 21.7. The van der Waals surface area contributed by atoms with Gasteiger partial charge in [0.2, 0.25) is 0 Å². The highest BCUT2D eigenvalue weighted by atomic mass is 32.1. The van der Waals surface area contributed by atoms with Gasteiger partial charge < -0.3 is 14.7 Å². The molecule has 1 saturated heterocycles. The molecule has 0 saturated carbocycles. The van der Waals surface area contributed by atoms with E-state index < -0.39 is 29.3 Å². The normalized spacial score (nSPS) is 17.7. The van der Waals surface area contributed by atoms with Crippen LogP contribution in [0.2, 0.25) is 0 Å². The van der Waals surface area contributed by atoms with Gasteiger partial charge in [-0.2, -0.15) is 0 Å². The van der Waals surface area contributed by atoms with Crippen molar-refractivity contribution < 1.29 is 28.2 Å². The van der Waals surface area contributed by atoms with Crippen molar-refractivity contribution in [1.29, 1.82) is 0 Å². The molecule has 8 heteroatoms. The maximum absolute atomic E-state index is 13.9. The van der Waals surface area contributed by atoms with Crippen LogP contribution in [-0.4, -0.2) is 35.4 Å². The van der Waals surface area contributed by atoms with Gasteiger partial charge in [-0.1, -0.05) is 18.2 Å².